The molecular weight excluding hydrogens is 238 g/mol. The maximum absolute atomic E-state index is 11.9. The Hall–Kier alpha value is -1.94. The van der Waals surface area contributed by atoms with E-state index in [-0.39, 0.29) is 16.8 Å². The molecule has 2 rings (SSSR count). The fourth-order valence-corrected chi connectivity index (χ4v) is 1.59. The lowest BCUT2D eigenvalue weighted by Crippen LogP contribution is -2.15. The van der Waals surface area contributed by atoms with Crippen LogP contribution in [0.3, 0.4) is 0 Å². The van der Waals surface area contributed by atoms with Crippen molar-refractivity contribution in [3.8, 4) is 0 Å². The summed E-state index contributed by atoms with van der Waals surface area (Å²) in [5.74, 6) is -0.294. The Balaban J connectivity index is 2.21. The van der Waals surface area contributed by atoms with Crippen LogP contribution in [0.15, 0.2) is 36.4 Å². The van der Waals surface area contributed by atoms with Crippen molar-refractivity contribution >= 4 is 23.2 Å². The number of carbonyl (C=O) groups excluding carboxylic acids is 1. The number of hydrogen-bond donors (Lipinski definition) is 1. The standard InChI is InChI=1S/C12H10ClN3O/c1-8-7-10(13)15-16-11(8)12(17)14-9-5-3-2-4-6-9/h2-7H,1H3,(H,14,17). The number of halogens is 1. The zero-order valence-electron chi connectivity index (χ0n) is 9.14. The highest BCUT2D eigenvalue weighted by molar-refractivity contribution is 6.29. The molecule has 0 saturated heterocycles. The van der Waals surface area contributed by atoms with Gasteiger partial charge in [0.25, 0.3) is 5.91 Å². The number of aromatic nitrogens is 2. The average Bonchev–Trinajstić information content (AvgIpc) is 2.30. The van der Waals surface area contributed by atoms with Crippen LogP contribution in [0.1, 0.15) is 16.1 Å². The fourth-order valence-electron chi connectivity index (χ4n) is 1.39. The van der Waals surface area contributed by atoms with E-state index in [2.05, 4.69) is 15.5 Å². The van der Waals surface area contributed by atoms with Gasteiger partial charge in [-0.1, -0.05) is 29.8 Å². The highest BCUT2D eigenvalue weighted by Gasteiger charge is 2.12. The third-order valence-corrected chi connectivity index (χ3v) is 2.39. The monoisotopic (exact) mass is 247 g/mol. The largest absolute Gasteiger partial charge is 0.321 e. The van der Waals surface area contributed by atoms with Crippen molar-refractivity contribution in [3.63, 3.8) is 0 Å². The number of carbonyl (C=O) groups is 1. The molecular formula is C12H10ClN3O. The molecule has 0 atom stereocenters. The van der Waals surface area contributed by atoms with Gasteiger partial charge >= 0.3 is 0 Å². The van der Waals surface area contributed by atoms with E-state index in [0.29, 0.717) is 11.3 Å². The predicted octanol–water partition coefficient (Wildman–Crippen LogP) is 2.69. The lowest BCUT2D eigenvalue weighted by molar-refractivity contribution is 0.102. The Kier molecular flexibility index (Phi) is 3.35. The molecule has 1 amide bonds. The van der Waals surface area contributed by atoms with E-state index in [9.17, 15) is 4.79 Å². The molecule has 1 heterocycles. The number of aryl methyl sites for hydroxylation is 1. The molecule has 0 saturated carbocycles. The maximum Gasteiger partial charge on any atom is 0.276 e. The second-order valence-corrected chi connectivity index (χ2v) is 3.91. The number of anilines is 1. The Morgan fingerprint density at radius 2 is 1.94 bits per heavy atom. The zero-order chi connectivity index (χ0) is 12.3. The molecule has 86 valence electrons. The Morgan fingerprint density at radius 3 is 2.59 bits per heavy atom. The van der Waals surface area contributed by atoms with E-state index >= 15 is 0 Å². The van der Waals surface area contributed by atoms with Crippen LogP contribution in [-0.4, -0.2) is 16.1 Å². The summed E-state index contributed by atoms with van der Waals surface area (Å²) in [6, 6.07) is 10.8. The number of benzene rings is 1. The van der Waals surface area contributed by atoms with Crippen LogP contribution < -0.4 is 5.32 Å². The highest BCUT2D eigenvalue weighted by atomic mass is 35.5. The molecule has 1 aromatic heterocycles. The summed E-state index contributed by atoms with van der Waals surface area (Å²) in [5.41, 5.74) is 1.69. The van der Waals surface area contributed by atoms with Gasteiger partial charge in [-0.25, -0.2) is 0 Å². The van der Waals surface area contributed by atoms with Gasteiger partial charge in [0.15, 0.2) is 10.8 Å². The predicted molar refractivity (Wildman–Crippen MR) is 66.2 cm³/mol. The van der Waals surface area contributed by atoms with Gasteiger partial charge in [-0.05, 0) is 30.7 Å². The summed E-state index contributed by atoms with van der Waals surface area (Å²) in [5, 5.41) is 10.4. The molecule has 1 N–H and O–H groups in total. The first-order chi connectivity index (χ1) is 8.16. The first kappa shape index (κ1) is 11.5. The van der Waals surface area contributed by atoms with E-state index in [1.165, 1.54) is 0 Å². The van der Waals surface area contributed by atoms with Gasteiger partial charge in [0.1, 0.15) is 0 Å². The lowest BCUT2D eigenvalue weighted by Gasteiger charge is -2.05. The molecule has 0 aliphatic rings. The van der Waals surface area contributed by atoms with Gasteiger partial charge in [0.2, 0.25) is 0 Å². The average molecular weight is 248 g/mol. The zero-order valence-corrected chi connectivity index (χ0v) is 9.90. The van der Waals surface area contributed by atoms with Gasteiger partial charge in [0, 0.05) is 5.69 Å². The fraction of sp³-hybridized carbons (Fsp3) is 0.0833. The van der Waals surface area contributed by atoms with Gasteiger partial charge in [-0.2, -0.15) is 0 Å². The van der Waals surface area contributed by atoms with Gasteiger partial charge in [-0.3, -0.25) is 4.79 Å². The van der Waals surface area contributed by atoms with Crippen LogP contribution in [0.2, 0.25) is 5.15 Å². The first-order valence-corrected chi connectivity index (χ1v) is 5.41. The summed E-state index contributed by atoms with van der Waals surface area (Å²) in [6.45, 7) is 1.76. The lowest BCUT2D eigenvalue weighted by atomic mass is 10.2. The molecule has 1 aromatic carbocycles. The normalized spacial score (nSPS) is 10.0. The number of nitrogens with one attached hydrogen (secondary N) is 1. The van der Waals surface area contributed by atoms with Crippen molar-refractivity contribution < 1.29 is 4.79 Å². The molecule has 5 heteroatoms. The topological polar surface area (TPSA) is 54.9 Å². The van der Waals surface area contributed by atoms with E-state index < -0.39 is 0 Å². The molecule has 0 spiro atoms. The number of hydrogen-bond acceptors (Lipinski definition) is 3. The molecule has 0 aliphatic carbocycles. The molecule has 0 bridgehead atoms. The van der Waals surface area contributed by atoms with E-state index in [1.807, 2.05) is 18.2 Å². The van der Waals surface area contributed by atoms with Crippen molar-refractivity contribution in [2.24, 2.45) is 0 Å². The minimum Gasteiger partial charge on any atom is -0.321 e. The van der Waals surface area contributed by atoms with Crippen molar-refractivity contribution in [1.29, 1.82) is 0 Å². The van der Waals surface area contributed by atoms with Gasteiger partial charge in [0.05, 0.1) is 0 Å². The molecule has 0 aliphatic heterocycles. The minimum atomic E-state index is -0.294. The maximum atomic E-state index is 11.9. The first-order valence-electron chi connectivity index (χ1n) is 5.03. The quantitative estimate of drug-likeness (QED) is 0.888. The second kappa shape index (κ2) is 4.93. The molecule has 0 radical (unpaired) electrons. The number of rotatable bonds is 2. The summed E-state index contributed by atoms with van der Waals surface area (Å²) >= 11 is 5.68. The van der Waals surface area contributed by atoms with Crippen molar-refractivity contribution in [3.05, 3.63) is 52.8 Å². The summed E-state index contributed by atoms with van der Waals surface area (Å²) in [7, 11) is 0. The van der Waals surface area contributed by atoms with Gasteiger partial charge < -0.3 is 5.32 Å². The Bertz CT molecular complexity index is 543. The third kappa shape index (κ3) is 2.79. The second-order valence-electron chi connectivity index (χ2n) is 3.52. The van der Waals surface area contributed by atoms with Gasteiger partial charge in [-0.15, -0.1) is 10.2 Å². The summed E-state index contributed by atoms with van der Waals surface area (Å²) in [4.78, 5) is 11.9. The van der Waals surface area contributed by atoms with E-state index in [1.54, 1.807) is 25.1 Å². The van der Waals surface area contributed by atoms with Crippen LogP contribution in [0.4, 0.5) is 5.69 Å². The highest BCUT2D eigenvalue weighted by Crippen LogP contribution is 2.12. The minimum absolute atomic E-state index is 0.276. The van der Waals surface area contributed by atoms with Crippen LogP contribution in [0.5, 0.6) is 0 Å². The molecule has 0 unspecified atom stereocenters. The van der Waals surface area contributed by atoms with Crippen molar-refractivity contribution in [2.45, 2.75) is 6.92 Å². The third-order valence-electron chi connectivity index (χ3n) is 2.20. The summed E-state index contributed by atoms with van der Waals surface area (Å²) in [6.07, 6.45) is 0. The molecule has 2 aromatic rings. The van der Waals surface area contributed by atoms with Crippen molar-refractivity contribution in [1.82, 2.24) is 10.2 Å². The van der Waals surface area contributed by atoms with Crippen LogP contribution >= 0.6 is 11.6 Å². The van der Waals surface area contributed by atoms with E-state index in [0.717, 1.165) is 0 Å². The van der Waals surface area contributed by atoms with Crippen LogP contribution in [0, 0.1) is 6.92 Å². The smallest absolute Gasteiger partial charge is 0.276 e. The Labute approximate surface area is 104 Å². The van der Waals surface area contributed by atoms with Crippen molar-refractivity contribution in [2.75, 3.05) is 5.32 Å². The Morgan fingerprint density at radius 1 is 1.24 bits per heavy atom. The molecule has 0 fully saturated rings. The molecule has 4 nitrogen and oxygen atoms in total. The van der Waals surface area contributed by atoms with Crippen LogP contribution in [0.25, 0.3) is 0 Å². The number of nitrogens with zero attached hydrogens (tertiary/aromatic N) is 2. The SMILES string of the molecule is Cc1cc(Cl)nnc1C(=O)Nc1ccccc1. The number of amides is 1. The summed E-state index contributed by atoms with van der Waals surface area (Å²) < 4.78 is 0. The number of para-hydroxylation sites is 1. The van der Waals surface area contributed by atoms with E-state index in [4.69, 9.17) is 11.6 Å². The van der Waals surface area contributed by atoms with Crippen LogP contribution in [-0.2, 0) is 0 Å². The molecule has 17 heavy (non-hydrogen) atoms.